The van der Waals surface area contributed by atoms with Crippen LogP contribution < -0.4 is 16.2 Å². The van der Waals surface area contributed by atoms with Crippen molar-refractivity contribution in [1.29, 1.82) is 0 Å². The zero-order chi connectivity index (χ0) is 18.7. The minimum Gasteiger partial charge on any atom is -0.493 e. The van der Waals surface area contributed by atoms with Crippen LogP contribution in [-0.4, -0.2) is 35.9 Å². The molecule has 0 saturated heterocycles. The van der Waals surface area contributed by atoms with E-state index in [2.05, 4.69) is 9.98 Å². The molecule has 0 bridgehead atoms. The van der Waals surface area contributed by atoms with Crippen molar-refractivity contribution in [3.63, 3.8) is 0 Å². The second-order valence-electron chi connectivity index (χ2n) is 5.76. The fourth-order valence-electron chi connectivity index (χ4n) is 2.24. The predicted molar refractivity (Wildman–Crippen MR) is 86.7 cm³/mol. The second kappa shape index (κ2) is 7.18. The molecule has 0 saturated carbocycles. The molecule has 4 N–H and O–H groups in total. The van der Waals surface area contributed by atoms with Gasteiger partial charge in [-0.1, -0.05) is 12.1 Å². The van der Waals surface area contributed by atoms with Crippen LogP contribution in [0.2, 0.25) is 0 Å². The minimum absolute atomic E-state index is 0.0455. The number of para-hydroxylation sites is 1. The Hall–Kier alpha value is -2.49. The highest BCUT2D eigenvalue weighted by atomic mass is 19.4. The first kappa shape index (κ1) is 18.8. The van der Waals surface area contributed by atoms with Gasteiger partial charge in [0.2, 0.25) is 11.9 Å². The van der Waals surface area contributed by atoms with Crippen LogP contribution in [-0.2, 0) is 11.0 Å². The summed E-state index contributed by atoms with van der Waals surface area (Å²) in [6, 6.07) is 5.05. The first-order chi connectivity index (χ1) is 11.6. The molecule has 138 valence electrons. The fourth-order valence-corrected chi connectivity index (χ4v) is 2.24. The first-order valence-corrected chi connectivity index (χ1v) is 7.53. The fraction of sp³-hybridized carbons (Fsp3) is 0.467. The van der Waals surface area contributed by atoms with Crippen LogP contribution in [0.4, 0.5) is 13.2 Å². The van der Waals surface area contributed by atoms with Crippen molar-refractivity contribution < 1.29 is 22.7 Å². The zero-order valence-corrected chi connectivity index (χ0v) is 13.9. The van der Waals surface area contributed by atoms with Crippen LogP contribution in [0.1, 0.15) is 25.8 Å². The number of alkyl halides is 3. The molecule has 0 spiro atoms. The highest BCUT2D eigenvalue weighted by molar-refractivity contribution is 5.95. The number of aliphatic imine (C=N–C) groups is 2. The SMILES string of the molecule is CC1(C)N=C(N)N=C(N)N1OCCCOc1ccccc1C(F)(F)F. The van der Waals surface area contributed by atoms with Crippen molar-refractivity contribution in [3.8, 4) is 5.75 Å². The Labute approximate surface area is 143 Å². The molecule has 7 nitrogen and oxygen atoms in total. The molecule has 0 radical (unpaired) electrons. The topological polar surface area (TPSA) is 98.5 Å². The van der Waals surface area contributed by atoms with Gasteiger partial charge in [0.15, 0.2) is 5.66 Å². The number of benzene rings is 1. The van der Waals surface area contributed by atoms with Crippen molar-refractivity contribution in [3.05, 3.63) is 29.8 Å². The van der Waals surface area contributed by atoms with Gasteiger partial charge in [0.25, 0.3) is 0 Å². The molecule has 0 aliphatic carbocycles. The third-order valence-corrected chi connectivity index (χ3v) is 3.28. The van der Waals surface area contributed by atoms with Gasteiger partial charge < -0.3 is 16.2 Å². The van der Waals surface area contributed by atoms with E-state index in [4.69, 9.17) is 21.0 Å². The lowest BCUT2D eigenvalue weighted by Crippen LogP contribution is -2.53. The van der Waals surface area contributed by atoms with Crippen LogP contribution in [0.3, 0.4) is 0 Å². The molecule has 0 aromatic heterocycles. The van der Waals surface area contributed by atoms with E-state index in [9.17, 15) is 13.2 Å². The molecular formula is C15H20F3N5O2. The molecule has 1 heterocycles. The molecule has 0 unspecified atom stereocenters. The number of hydrogen-bond donors (Lipinski definition) is 2. The number of hydrogen-bond acceptors (Lipinski definition) is 7. The van der Waals surface area contributed by atoms with Gasteiger partial charge in [-0.2, -0.15) is 23.2 Å². The summed E-state index contributed by atoms with van der Waals surface area (Å²) in [5.41, 5.74) is 9.65. The summed E-state index contributed by atoms with van der Waals surface area (Å²) in [6.07, 6.45) is -4.13. The summed E-state index contributed by atoms with van der Waals surface area (Å²) in [4.78, 5) is 13.4. The number of rotatable bonds is 6. The van der Waals surface area contributed by atoms with Gasteiger partial charge in [0, 0.05) is 6.42 Å². The molecular weight excluding hydrogens is 339 g/mol. The number of hydroxylamine groups is 2. The molecule has 1 aromatic carbocycles. The number of nitrogens with two attached hydrogens (primary N) is 2. The van der Waals surface area contributed by atoms with E-state index in [0.29, 0.717) is 6.42 Å². The first-order valence-electron chi connectivity index (χ1n) is 7.53. The Bertz CT molecular complexity index is 673. The monoisotopic (exact) mass is 359 g/mol. The quantitative estimate of drug-likeness (QED) is 0.758. The Balaban J connectivity index is 1.84. The number of halogens is 3. The van der Waals surface area contributed by atoms with E-state index in [1.807, 2.05) is 0 Å². The predicted octanol–water partition coefficient (Wildman–Crippen LogP) is 2.09. The Morgan fingerprint density at radius 2 is 1.84 bits per heavy atom. The van der Waals surface area contributed by atoms with Crippen molar-refractivity contribution in [2.24, 2.45) is 21.5 Å². The Morgan fingerprint density at radius 3 is 2.48 bits per heavy atom. The lowest BCUT2D eigenvalue weighted by Gasteiger charge is -2.36. The molecule has 25 heavy (non-hydrogen) atoms. The number of ether oxygens (including phenoxy) is 1. The van der Waals surface area contributed by atoms with Crippen LogP contribution in [0.25, 0.3) is 0 Å². The van der Waals surface area contributed by atoms with E-state index in [-0.39, 0.29) is 30.9 Å². The van der Waals surface area contributed by atoms with Crippen molar-refractivity contribution in [1.82, 2.24) is 5.06 Å². The molecule has 10 heteroatoms. The molecule has 1 aliphatic rings. The van der Waals surface area contributed by atoms with Gasteiger partial charge in [0.05, 0.1) is 18.8 Å². The van der Waals surface area contributed by atoms with Crippen LogP contribution >= 0.6 is 0 Å². The smallest absolute Gasteiger partial charge is 0.419 e. The zero-order valence-electron chi connectivity index (χ0n) is 13.9. The van der Waals surface area contributed by atoms with E-state index in [0.717, 1.165) is 6.07 Å². The Kier molecular flexibility index (Phi) is 5.41. The van der Waals surface area contributed by atoms with Gasteiger partial charge in [-0.15, -0.1) is 0 Å². The third kappa shape index (κ3) is 4.75. The van der Waals surface area contributed by atoms with E-state index in [1.165, 1.54) is 23.3 Å². The van der Waals surface area contributed by atoms with Gasteiger partial charge in [-0.3, -0.25) is 4.84 Å². The van der Waals surface area contributed by atoms with E-state index in [1.54, 1.807) is 13.8 Å². The third-order valence-electron chi connectivity index (χ3n) is 3.28. The Morgan fingerprint density at radius 1 is 1.16 bits per heavy atom. The van der Waals surface area contributed by atoms with Gasteiger partial charge >= 0.3 is 6.18 Å². The molecule has 2 rings (SSSR count). The molecule has 1 aliphatic heterocycles. The summed E-state index contributed by atoms with van der Waals surface area (Å²) in [6.45, 7) is 3.67. The number of guanidine groups is 2. The number of nitrogens with zero attached hydrogens (tertiary/aromatic N) is 3. The van der Waals surface area contributed by atoms with Crippen LogP contribution in [0.15, 0.2) is 34.3 Å². The molecule has 0 fully saturated rings. The average Bonchev–Trinajstić information content (AvgIpc) is 2.47. The summed E-state index contributed by atoms with van der Waals surface area (Å²) >= 11 is 0. The maximum atomic E-state index is 12.9. The largest absolute Gasteiger partial charge is 0.493 e. The lowest BCUT2D eigenvalue weighted by molar-refractivity contribution is -0.158. The summed E-state index contributed by atoms with van der Waals surface area (Å²) in [5.74, 6) is -0.109. The molecule has 0 atom stereocenters. The van der Waals surface area contributed by atoms with Crippen molar-refractivity contribution in [2.45, 2.75) is 32.1 Å². The highest BCUT2D eigenvalue weighted by Gasteiger charge is 2.34. The highest BCUT2D eigenvalue weighted by Crippen LogP contribution is 2.35. The van der Waals surface area contributed by atoms with Gasteiger partial charge in [-0.05, 0) is 26.0 Å². The second-order valence-corrected chi connectivity index (χ2v) is 5.76. The van der Waals surface area contributed by atoms with E-state index < -0.39 is 17.4 Å². The van der Waals surface area contributed by atoms with Gasteiger partial charge in [0.1, 0.15) is 5.75 Å². The molecule has 0 amide bonds. The van der Waals surface area contributed by atoms with Crippen molar-refractivity contribution >= 4 is 11.9 Å². The maximum Gasteiger partial charge on any atom is 0.419 e. The minimum atomic E-state index is -4.46. The van der Waals surface area contributed by atoms with Gasteiger partial charge in [-0.25, -0.2) is 4.99 Å². The summed E-state index contributed by atoms with van der Waals surface area (Å²) in [5, 5.41) is 1.30. The standard InChI is InChI=1S/C15H20F3N5O2/c1-14(2)22-12(19)21-13(20)23(14)25-9-5-8-24-11-7-4-3-6-10(11)15(16,17)18/h3-4,6-7H,5,8-9H2,1-2H3,(H4,19,20,21,22). The summed E-state index contributed by atoms with van der Waals surface area (Å²) < 4.78 is 43.8. The van der Waals surface area contributed by atoms with E-state index >= 15 is 0 Å². The lowest BCUT2D eigenvalue weighted by atomic mass is 10.2. The van der Waals surface area contributed by atoms with Crippen molar-refractivity contribution in [2.75, 3.05) is 13.2 Å². The van der Waals surface area contributed by atoms with Crippen LogP contribution in [0.5, 0.6) is 5.75 Å². The summed E-state index contributed by atoms with van der Waals surface area (Å²) in [7, 11) is 0. The molecule has 1 aromatic rings. The van der Waals surface area contributed by atoms with Crippen LogP contribution in [0, 0.1) is 0 Å². The normalized spacial score (nSPS) is 17.1. The maximum absolute atomic E-state index is 12.9. The average molecular weight is 359 g/mol.